The van der Waals surface area contributed by atoms with Crippen LogP contribution in [0.3, 0.4) is 0 Å². The van der Waals surface area contributed by atoms with Crippen molar-refractivity contribution in [1.82, 2.24) is 29.3 Å². The molecule has 0 aliphatic carbocycles. The molecule has 2 aromatic heterocycles. The molecule has 4 N–H and O–H groups in total. The lowest BCUT2D eigenvalue weighted by molar-refractivity contribution is -0.185. The minimum absolute atomic E-state index is 0.0761. The number of ether oxygens (including phenoxy) is 1. The van der Waals surface area contributed by atoms with Gasteiger partial charge in [-0.05, 0) is 24.3 Å². The average molecular weight is 494 g/mol. The van der Waals surface area contributed by atoms with Gasteiger partial charge in [-0.1, -0.05) is 37.6 Å². The number of likely N-dealkylation sites (tertiary alicyclic amines) is 1. The molecule has 1 spiro atoms. The predicted octanol–water partition coefficient (Wildman–Crippen LogP) is 1.51. The number of imidazole rings is 1. The number of benzene rings is 1. The number of nitrogens with two attached hydrogens (primary N) is 1. The van der Waals surface area contributed by atoms with Gasteiger partial charge < -0.3 is 20.8 Å². The first kappa shape index (κ1) is 24.4. The Balaban J connectivity index is 1.22. The van der Waals surface area contributed by atoms with Gasteiger partial charge in [0.05, 0.1) is 19.8 Å². The summed E-state index contributed by atoms with van der Waals surface area (Å²) in [4.78, 5) is 33.0. The minimum Gasteiger partial charge on any atom is -0.382 e. The van der Waals surface area contributed by atoms with E-state index in [0.717, 1.165) is 64.3 Å². The molecular formula is C25H35N9O2. The summed E-state index contributed by atoms with van der Waals surface area (Å²) in [5.41, 5.74) is 9.00. The molecule has 0 atom stereocenters. The fourth-order valence-electron chi connectivity index (χ4n) is 5.10. The maximum Gasteiger partial charge on any atom is 0.328 e. The topological polar surface area (TPSA) is 130 Å². The molecule has 192 valence electrons. The summed E-state index contributed by atoms with van der Waals surface area (Å²) in [6, 6.07) is 8.37. The smallest absolute Gasteiger partial charge is 0.328 e. The highest BCUT2D eigenvalue weighted by Gasteiger charge is 2.46. The number of rotatable bonds is 10. The molecule has 2 saturated heterocycles. The van der Waals surface area contributed by atoms with Gasteiger partial charge in [-0.2, -0.15) is 9.97 Å². The summed E-state index contributed by atoms with van der Waals surface area (Å²) in [6.07, 6.45) is 2.07. The zero-order chi connectivity index (χ0) is 25.1. The van der Waals surface area contributed by atoms with Gasteiger partial charge in [0.1, 0.15) is 11.1 Å². The summed E-state index contributed by atoms with van der Waals surface area (Å²) in [5.74, 6) is 0.707. The van der Waals surface area contributed by atoms with E-state index in [-0.39, 0.29) is 17.1 Å². The van der Waals surface area contributed by atoms with Crippen LogP contribution in [-0.2, 0) is 17.8 Å². The third kappa shape index (κ3) is 5.13. The highest BCUT2D eigenvalue weighted by molar-refractivity contribution is 5.82. The number of morpholine rings is 1. The number of fused-ring (bicyclic) bond motifs is 1. The van der Waals surface area contributed by atoms with Crippen LogP contribution in [0.2, 0.25) is 0 Å². The van der Waals surface area contributed by atoms with Crippen LogP contribution in [0.5, 0.6) is 0 Å². The van der Waals surface area contributed by atoms with Crippen LogP contribution in [0.25, 0.3) is 11.2 Å². The van der Waals surface area contributed by atoms with Gasteiger partial charge in [-0.3, -0.25) is 19.4 Å². The quantitative estimate of drug-likeness (QED) is 0.286. The zero-order valence-corrected chi connectivity index (χ0v) is 20.9. The van der Waals surface area contributed by atoms with E-state index in [1.165, 1.54) is 5.56 Å². The number of hydrogen-bond donors (Lipinski definition) is 3. The normalized spacial score (nSPS) is 17.9. The number of hydrogen-bond acceptors (Lipinski definition) is 9. The molecule has 2 aliphatic heterocycles. The first-order chi connectivity index (χ1) is 17.5. The second-order valence-electron chi connectivity index (χ2n) is 9.84. The minimum atomic E-state index is -0.250. The Morgan fingerprint density at radius 2 is 1.89 bits per heavy atom. The van der Waals surface area contributed by atoms with E-state index < -0.39 is 0 Å². The molecule has 0 saturated carbocycles. The van der Waals surface area contributed by atoms with Crippen LogP contribution in [0.1, 0.15) is 30.9 Å². The second-order valence-corrected chi connectivity index (χ2v) is 9.84. The summed E-state index contributed by atoms with van der Waals surface area (Å²) >= 11 is 0. The van der Waals surface area contributed by atoms with Crippen LogP contribution in [0.4, 0.5) is 11.8 Å². The monoisotopic (exact) mass is 493 g/mol. The summed E-state index contributed by atoms with van der Waals surface area (Å²) < 4.78 is 7.72. The van der Waals surface area contributed by atoms with E-state index in [4.69, 9.17) is 10.5 Å². The molecule has 2 fully saturated rings. The Hall–Kier alpha value is -3.28. The van der Waals surface area contributed by atoms with E-state index in [2.05, 4.69) is 73.0 Å². The Bertz CT molecular complexity index is 1260. The van der Waals surface area contributed by atoms with Crippen LogP contribution < -0.4 is 16.7 Å². The summed E-state index contributed by atoms with van der Waals surface area (Å²) in [5, 5.41) is 3.19. The van der Waals surface area contributed by atoms with E-state index in [1.807, 2.05) is 0 Å². The van der Waals surface area contributed by atoms with Crippen LogP contribution in [0.15, 0.2) is 34.1 Å². The Morgan fingerprint density at radius 3 is 2.61 bits per heavy atom. The van der Waals surface area contributed by atoms with Crippen LogP contribution in [0, 0.1) is 0 Å². The van der Waals surface area contributed by atoms with Gasteiger partial charge >= 0.3 is 5.69 Å². The maximum atomic E-state index is 12.7. The number of nitrogens with one attached hydrogen (secondary N) is 2. The fraction of sp³-hybridized carbons (Fsp3) is 0.520. The fourth-order valence-corrected chi connectivity index (χ4v) is 5.10. The van der Waals surface area contributed by atoms with Gasteiger partial charge in [0.15, 0.2) is 11.5 Å². The average Bonchev–Trinajstić information content (AvgIpc) is 3.15. The van der Waals surface area contributed by atoms with Crippen molar-refractivity contribution in [2.75, 3.05) is 57.0 Å². The molecule has 0 amide bonds. The van der Waals surface area contributed by atoms with Gasteiger partial charge in [-0.15, -0.1) is 0 Å². The standard InChI is InChI=1S/C25H35N9O2/c1-3-4-9-28-23-30-21(26)20-22(31-23)34(24(35)29-20)13-19-7-5-18(6-8-19)12-33-15-25(16-33)14-32(17-27-2)10-11-36-25/h5-8H,2-4,9-17H2,1H3,(H,29,35)(H3,26,28,30,31). The number of aromatic amines is 1. The van der Waals surface area contributed by atoms with Gasteiger partial charge in [0.25, 0.3) is 0 Å². The molecule has 36 heavy (non-hydrogen) atoms. The molecule has 11 heteroatoms. The van der Waals surface area contributed by atoms with Crippen molar-refractivity contribution in [2.24, 2.45) is 4.99 Å². The van der Waals surface area contributed by atoms with Crippen molar-refractivity contribution in [3.05, 3.63) is 45.9 Å². The molecule has 0 unspecified atom stereocenters. The van der Waals surface area contributed by atoms with Crippen molar-refractivity contribution >= 4 is 29.6 Å². The molecule has 0 radical (unpaired) electrons. The zero-order valence-electron chi connectivity index (χ0n) is 20.9. The summed E-state index contributed by atoms with van der Waals surface area (Å²) in [7, 11) is 0. The third-order valence-corrected chi connectivity index (χ3v) is 6.88. The van der Waals surface area contributed by atoms with Gasteiger partial charge in [-0.25, -0.2) is 4.79 Å². The Morgan fingerprint density at radius 1 is 1.17 bits per heavy atom. The highest BCUT2D eigenvalue weighted by atomic mass is 16.5. The molecule has 0 bridgehead atoms. The van der Waals surface area contributed by atoms with Gasteiger partial charge in [0.2, 0.25) is 5.95 Å². The Kier molecular flexibility index (Phi) is 7.04. The largest absolute Gasteiger partial charge is 0.382 e. The molecular weight excluding hydrogens is 458 g/mol. The number of nitrogen functional groups attached to an aromatic ring is 1. The molecule has 5 rings (SSSR count). The number of nitrogens with zero attached hydrogens (tertiary/aromatic N) is 6. The van der Waals surface area contributed by atoms with Crippen molar-refractivity contribution in [2.45, 2.75) is 38.5 Å². The Labute approximate surface area is 210 Å². The van der Waals surface area contributed by atoms with E-state index >= 15 is 0 Å². The lowest BCUT2D eigenvalue weighted by atomic mass is 9.91. The van der Waals surface area contributed by atoms with Crippen molar-refractivity contribution in [3.8, 4) is 0 Å². The van der Waals surface area contributed by atoms with Gasteiger partial charge in [0, 0.05) is 39.3 Å². The van der Waals surface area contributed by atoms with E-state index in [9.17, 15) is 4.79 Å². The van der Waals surface area contributed by atoms with Crippen molar-refractivity contribution in [3.63, 3.8) is 0 Å². The maximum absolute atomic E-state index is 12.7. The van der Waals surface area contributed by atoms with Crippen LogP contribution >= 0.6 is 0 Å². The number of aliphatic imine (C=N–C) groups is 1. The number of aromatic nitrogens is 4. The highest BCUT2D eigenvalue weighted by Crippen LogP contribution is 2.30. The van der Waals surface area contributed by atoms with E-state index in [0.29, 0.717) is 30.3 Å². The first-order valence-corrected chi connectivity index (χ1v) is 12.6. The lowest BCUT2D eigenvalue weighted by Crippen LogP contribution is -2.69. The van der Waals surface area contributed by atoms with E-state index in [1.54, 1.807) is 4.57 Å². The summed E-state index contributed by atoms with van der Waals surface area (Å²) in [6.45, 7) is 12.8. The lowest BCUT2D eigenvalue weighted by Gasteiger charge is -2.53. The SMILES string of the molecule is C=NCN1CCOC2(C1)CN(Cc1ccc(Cn3c(=O)[nH]c4c(N)nc(NCCCC)nc43)cc1)C2. The number of unbranched alkanes of at least 4 members (excludes halogenated alkanes) is 1. The molecule has 4 heterocycles. The predicted molar refractivity (Wildman–Crippen MR) is 141 cm³/mol. The van der Waals surface area contributed by atoms with Crippen molar-refractivity contribution < 1.29 is 4.74 Å². The number of H-pyrrole nitrogens is 1. The first-order valence-electron chi connectivity index (χ1n) is 12.6. The molecule has 3 aromatic rings. The second kappa shape index (κ2) is 10.4. The molecule has 1 aromatic carbocycles. The van der Waals surface area contributed by atoms with Crippen molar-refractivity contribution in [1.29, 1.82) is 0 Å². The molecule has 11 nitrogen and oxygen atoms in total. The number of anilines is 2. The van der Waals surface area contributed by atoms with Crippen LogP contribution in [-0.4, -0.2) is 87.6 Å². The molecule has 2 aliphatic rings. The third-order valence-electron chi connectivity index (χ3n) is 6.88.